The molecule has 0 radical (unpaired) electrons. The quantitative estimate of drug-likeness (QED) is 0.0480. The SMILES string of the molecule is CCCCCCCOc1c(C(=O)N/N=C\c2ccc(O)c(OC)c2)sc(C(=O)N/N=C\c2ccc(O)c(OC)c2)c1OCCCCCCC. The maximum Gasteiger partial charge on any atom is 0.285 e. The van der Waals surface area contributed by atoms with Crippen molar-refractivity contribution in [1.29, 1.82) is 0 Å². The molecule has 1 aromatic heterocycles. The summed E-state index contributed by atoms with van der Waals surface area (Å²) < 4.78 is 22.7. The molecule has 0 bridgehead atoms. The number of phenols is 2. The Bertz CT molecular complexity index is 1440. The summed E-state index contributed by atoms with van der Waals surface area (Å²) >= 11 is 0.927. The number of ether oxygens (including phenoxy) is 4. The number of rotatable bonds is 22. The van der Waals surface area contributed by atoms with Gasteiger partial charge in [0.15, 0.2) is 34.5 Å². The van der Waals surface area contributed by atoms with Crippen molar-refractivity contribution in [3.63, 3.8) is 0 Å². The lowest BCUT2D eigenvalue weighted by molar-refractivity contribution is 0.0945. The number of unbranched alkanes of at least 4 members (excludes halogenated alkanes) is 8. The number of methoxy groups -OCH3 is 2. The van der Waals surface area contributed by atoms with E-state index in [1.807, 2.05) is 0 Å². The van der Waals surface area contributed by atoms with E-state index in [1.54, 1.807) is 24.3 Å². The first-order valence-electron chi connectivity index (χ1n) is 16.7. The smallest absolute Gasteiger partial charge is 0.285 e. The zero-order chi connectivity index (χ0) is 35.4. The third kappa shape index (κ3) is 12.3. The molecule has 0 atom stereocenters. The highest BCUT2D eigenvalue weighted by molar-refractivity contribution is 7.16. The largest absolute Gasteiger partial charge is 0.504 e. The zero-order valence-electron chi connectivity index (χ0n) is 28.8. The van der Waals surface area contributed by atoms with Crippen molar-refractivity contribution in [3.8, 4) is 34.5 Å². The minimum atomic E-state index is -0.584. The fraction of sp³-hybridized carbons (Fsp3) is 0.444. The van der Waals surface area contributed by atoms with Gasteiger partial charge < -0.3 is 29.2 Å². The van der Waals surface area contributed by atoms with Crippen molar-refractivity contribution < 1.29 is 38.7 Å². The number of benzene rings is 2. The van der Waals surface area contributed by atoms with Crippen LogP contribution in [0, 0.1) is 0 Å². The van der Waals surface area contributed by atoms with Crippen LogP contribution in [-0.4, -0.2) is 61.9 Å². The predicted octanol–water partition coefficient (Wildman–Crippen LogP) is 7.40. The van der Waals surface area contributed by atoms with Gasteiger partial charge in [-0.1, -0.05) is 65.2 Å². The Kier molecular flexibility index (Phi) is 16.8. The zero-order valence-corrected chi connectivity index (χ0v) is 29.6. The monoisotopic (exact) mass is 696 g/mol. The van der Waals surface area contributed by atoms with Crippen molar-refractivity contribution in [1.82, 2.24) is 10.9 Å². The van der Waals surface area contributed by atoms with Crippen LogP contribution in [0.3, 0.4) is 0 Å². The first-order valence-corrected chi connectivity index (χ1v) is 17.5. The summed E-state index contributed by atoms with van der Waals surface area (Å²) in [7, 11) is 2.88. The molecule has 0 aliphatic carbocycles. The van der Waals surface area contributed by atoms with E-state index in [9.17, 15) is 19.8 Å². The lowest BCUT2D eigenvalue weighted by Gasteiger charge is -2.12. The highest BCUT2D eigenvalue weighted by Gasteiger charge is 2.29. The molecule has 3 rings (SSSR count). The van der Waals surface area contributed by atoms with Crippen LogP contribution >= 0.6 is 11.3 Å². The van der Waals surface area contributed by atoms with Crippen LogP contribution < -0.4 is 29.8 Å². The lowest BCUT2D eigenvalue weighted by atomic mass is 10.2. The number of carbonyl (C=O) groups is 2. The second kappa shape index (κ2) is 21.2. The minimum Gasteiger partial charge on any atom is -0.504 e. The van der Waals surface area contributed by atoms with Gasteiger partial charge in [-0.2, -0.15) is 10.2 Å². The number of amides is 2. The number of hydrazone groups is 2. The average molecular weight is 697 g/mol. The van der Waals surface area contributed by atoms with Crippen molar-refractivity contribution in [3.05, 3.63) is 57.3 Å². The van der Waals surface area contributed by atoms with E-state index in [1.165, 1.54) is 38.8 Å². The van der Waals surface area contributed by atoms with Crippen LogP contribution in [0.15, 0.2) is 46.6 Å². The summed E-state index contributed by atoms with van der Waals surface area (Å²) in [5.41, 5.74) is 6.20. The molecule has 0 unspecified atom stereocenters. The minimum absolute atomic E-state index is 0.0189. The summed E-state index contributed by atoms with van der Waals surface area (Å²) in [4.78, 5) is 27.3. The summed E-state index contributed by atoms with van der Waals surface area (Å²) in [5, 5.41) is 27.9. The third-order valence-electron chi connectivity index (χ3n) is 7.39. The molecular weight excluding hydrogens is 648 g/mol. The number of nitrogens with zero attached hydrogens (tertiary/aromatic N) is 2. The fourth-order valence-electron chi connectivity index (χ4n) is 4.70. The maximum absolute atomic E-state index is 13.5. The van der Waals surface area contributed by atoms with Crippen LogP contribution in [-0.2, 0) is 0 Å². The molecule has 1 heterocycles. The molecule has 266 valence electrons. The van der Waals surface area contributed by atoms with Gasteiger partial charge in [0.2, 0.25) is 0 Å². The van der Waals surface area contributed by atoms with Crippen molar-refractivity contribution >= 4 is 35.6 Å². The Balaban J connectivity index is 1.89. The molecule has 2 aromatic carbocycles. The number of carbonyl (C=O) groups excluding carboxylic acids is 2. The number of nitrogens with one attached hydrogen (secondary N) is 2. The van der Waals surface area contributed by atoms with E-state index in [4.69, 9.17) is 18.9 Å². The Morgan fingerprint density at radius 3 is 1.47 bits per heavy atom. The van der Waals surface area contributed by atoms with Gasteiger partial charge in [0.25, 0.3) is 11.8 Å². The van der Waals surface area contributed by atoms with Crippen molar-refractivity contribution in [2.45, 2.75) is 78.1 Å². The molecule has 4 N–H and O–H groups in total. The van der Waals surface area contributed by atoms with E-state index in [2.05, 4.69) is 34.9 Å². The summed E-state index contributed by atoms with van der Waals surface area (Å²) in [6.45, 7) is 4.98. The number of phenolic OH excluding ortho intramolecular Hbond substituents is 2. The van der Waals surface area contributed by atoms with Gasteiger partial charge in [-0.05, 0) is 60.4 Å². The first-order chi connectivity index (χ1) is 23.8. The summed E-state index contributed by atoms with van der Waals surface area (Å²) in [6, 6.07) is 9.32. The predicted molar refractivity (Wildman–Crippen MR) is 192 cm³/mol. The second-order valence-electron chi connectivity index (χ2n) is 11.2. The first kappa shape index (κ1) is 38.7. The van der Waals surface area contributed by atoms with E-state index < -0.39 is 11.8 Å². The van der Waals surface area contributed by atoms with Crippen LogP contribution in [0.1, 0.15) is 109 Å². The number of thiophene rings is 1. The Morgan fingerprint density at radius 1 is 0.673 bits per heavy atom. The second-order valence-corrected chi connectivity index (χ2v) is 12.2. The molecule has 13 heteroatoms. The summed E-state index contributed by atoms with van der Waals surface area (Å²) in [5.74, 6) is -0.302. The number of hydrogen-bond donors (Lipinski definition) is 4. The normalized spacial score (nSPS) is 11.2. The molecule has 0 saturated carbocycles. The van der Waals surface area contributed by atoms with Crippen molar-refractivity contribution in [2.24, 2.45) is 10.2 Å². The van der Waals surface area contributed by atoms with Gasteiger partial charge in [-0.3, -0.25) is 9.59 Å². The topological polar surface area (TPSA) is 160 Å². The van der Waals surface area contributed by atoms with E-state index in [0.717, 1.165) is 75.5 Å². The van der Waals surface area contributed by atoms with Gasteiger partial charge in [0.1, 0.15) is 9.75 Å². The fourth-order valence-corrected chi connectivity index (χ4v) is 5.67. The van der Waals surface area contributed by atoms with Crippen LogP contribution in [0.5, 0.6) is 34.5 Å². The molecule has 0 aliphatic heterocycles. The van der Waals surface area contributed by atoms with Crippen molar-refractivity contribution in [2.75, 3.05) is 27.4 Å². The van der Waals surface area contributed by atoms with Crippen LogP contribution in [0.2, 0.25) is 0 Å². The van der Waals surface area contributed by atoms with Gasteiger partial charge in [-0.15, -0.1) is 11.3 Å². The van der Waals surface area contributed by atoms with Crippen LogP contribution in [0.4, 0.5) is 0 Å². The van der Waals surface area contributed by atoms with Gasteiger partial charge in [-0.25, -0.2) is 10.9 Å². The molecule has 0 aliphatic rings. The van der Waals surface area contributed by atoms with Gasteiger partial charge in [0, 0.05) is 0 Å². The molecule has 0 fully saturated rings. The standard InChI is InChI=1S/C36H48N4O8S/c1-5-7-9-11-13-19-47-31-32(48-20-14-12-10-8-6-2)34(36(44)40-38-24-26-16-18-28(42)30(22-26)46-4)49-33(31)35(43)39-37-23-25-15-17-27(41)29(21-25)45-3/h15-18,21-24,41-42H,5-14,19-20H2,1-4H3,(H,39,43)(H,40,44)/b37-23-,38-24-. The Hall–Kier alpha value is -4.78. The van der Waals surface area contributed by atoms with E-state index >= 15 is 0 Å². The van der Waals surface area contributed by atoms with Gasteiger partial charge in [0.05, 0.1) is 39.9 Å². The highest BCUT2D eigenvalue weighted by atomic mass is 32.1. The lowest BCUT2D eigenvalue weighted by Crippen LogP contribution is -2.17. The summed E-state index contributed by atoms with van der Waals surface area (Å²) in [6.07, 6.45) is 13.0. The highest BCUT2D eigenvalue weighted by Crippen LogP contribution is 2.43. The van der Waals surface area contributed by atoms with Gasteiger partial charge >= 0.3 is 0 Å². The third-order valence-corrected chi connectivity index (χ3v) is 8.54. The molecule has 2 amide bonds. The molecule has 0 spiro atoms. The molecule has 3 aromatic rings. The molecular formula is C36H48N4O8S. The Labute approximate surface area is 292 Å². The molecule has 49 heavy (non-hydrogen) atoms. The molecule has 12 nitrogen and oxygen atoms in total. The Morgan fingerprint density at radius 2 is 1.08 bits per heavy atom. The van der Waals surface area contributed by atoms with E-state index in [0.29, 0.717) is 24.3 Å². The molecule has 0 saturated heterocycles. The van der Waals surface area contributed by atoms with E-state index in [-0.39, 0.29) is 44.3 Å². The van der Waals surface area contributed by atoms with Crippen LogP contribution in [0.25, 0.3) is 0 Å². The average Bonchev–Trinajstić information content (AvgIpc) is 3.47. The maximum atomic E-state index is 13.5. The number of aromatic hydroxyl groups is 2. The number of hydrogen-bond acceptors (Lipinski definition) is 11.